The lowest BCUT2D eigenvalue weighted by molar-refractivity contribution is 0.365. The van der Waals surface area contributed by atoms with Gasteiger partial charge in [-0.2, -0.15) is 5.26 Å². The van der Waals surface area contributed by atoms with Gasteiger partial charge in [0.15, 0.2) is 11.5 Å². The van der Waals surface area contributed by atoms with Gasteiger partial charge in [0.05, 0.1) is 18.7 Å². The van der Waals surface area contributed by atoms with Gasteiger partial charge in [-0.1, -0.05) is 13.8 Å². The predicted molar refractivity (Wildman–Crippen MR) is 65.8 cm³/mol. The molecule has 4 heteroatoms. The zero-order valence-electron chi connectivity index (χ0n) is 10.4. The van der Waals surface area contributed by atoms with Crippen LogP contribution in [0.5, 0.6) is 11.5 Å². The average Bonchev–Trinajstić information content (AvgIpc) is 2.27. The van der Waals surface area contributed by atoms with Gasteiger partial charge in [0, 0.05) is 11.6 Å². The number of methoxy groups -OCH3 is 1. The second kappa shape index (κ2) is 5.55. The van der Waals surface area contributed by atoms with E-state index in [4.69, 9.17) is 15.7 Å². The molecule has 0 saturated carbocycles. The average molecular weight is 234 g/mol. The van der Waals surface area contributed by atoms with Crippen molar-refractivity contribution in [2.24, 2.45) is 11.7 Å². The molecule has 1 aromatic carbocycles. The molecule has 0 radical (unpaired) electrons. The van der Waals surface area contributed by atoms with Crippen molar-refractivity contribution in [2.75, 3.05) is 7.11 Å². The molecule has 0 heterocycles. The van der Waals surface area contributed by atoms with Crippen LogP contribution in [0.15, 0.2) is 12.1 Å². The Bertz CT molecular complexity index is 436. The van der Waals surface area contributed by atoms with Crippen LogP contribution in [0.2, 0.25) is 0 Å². The fraction of sp³-hybridized carbons (Fsp3) is 0.462. The molecular formula is C13H18N2O2. The van der Waals surface area contributed by atoms with E-state index in [1.165, 1.54) is 7.11 Å². The Morgan fingerprint density at radius 1 is 1.47 bits per heavy atom. The zero-order valence-corrected chi connectivity index (χ0v) is 10.4. The molecule has 1 atom stereocenters. The van der Waals surface area contributed by atoms with Gasteiger partial charge < -0.3 is 15.6 Å². The van der Waals surface area contributed by atoms with Crippen LogP contribution < -0.4 is 10.5 Å². The molecule has 0 unspecified atom stereocenters. The molecule has 0 fully saturated rings. The summed E-state index contributed by atoms with van der Waals surface area (Å²) in [5.41, 5.74) is 6.90. The standard InChI is InChI=1S/C13H18N2O2/c1-8(2)6-10(15)12-9(7-14)4-5-11(17-3)13(12)16/h4-5,8,10,16H,6,15H2,1-3H3/t10-/m1/s1. The van der Waals surface area contributed by atoms with E-state index in [0.29, 0.717) is 29.2 Å². The molecule has 1 aromatic rings. The summed E-state index contributed by atoms with van der Waals surface area (Å²) in [4.78, 5) is 0. The number of benzene rings is 1. The highest BCUT2D eigenvalue weighted by atomic mass is 16.5. The Labute approximate surface area is 102 Å². The summed E-state index contributed by atoms with van der Waals surface area (Å²) in [6.45, 7) is 4.09. The van der Waals surface area contributed by atoms with Gasteiger partial charge in [0.2, 0.25) is 0 Å². The summed E-state index contributed by atoms with van der Waals surface area (Å²) >= 11 is 0. The number of hydrogen-bond acceptors (Lipinski definition) is 4. The molecule has 0 spiro atoms. The highest BCUT2D eigenvalue weighted by Crippen LogP contribution is 2.37. The third-order valence-electron chi connectivity index (χ3n) is 2.62. The van der Waals surface area contributed by atoms with Crippen molar-refractivity contribution in [3.8, 4) is 17.6 Å². The predicted octanol–water partition coefficient (Wildman–Crippen LogP) is 2.32. The van der Waals surface area contributed by atoms with Crippen LogP contribution in [0.3, 0.4) is 0 Å². The van der Waals surface area contributed by atoms with Crippen molar-refractivity contribution in [1.29, 1.82) is 5.26 Å². The Morgan fingerprint density at radius 3 is 2.59 bits per heavy atom. The van der Waals surface area contributed by atoms with Gasteiger partial charge in [-0.15, -0.1) is 0 Å². The Balaban J connectivity index is 3.24. The van der Waals surface area contributed by atoms with Crippen molar-refractivity contribution in [2.45, 2.75) is 26.3 Å². The van der Waals surface area contributed by atoms with Crippen LogP contribution in [-0.2, 0) is 0 Å². The summed E-state index contributed by atoms with van der Waals surface area (Å²) in [5, 5.41) is 19.1. The smallest absolute Gasteiger partial charge is 0.163 e. The topological polar surface area (TPSA) is 79.3 Å². The second-order valence-corrected chi connectivity index (χ2v) is 4.43. The van der Waals surface area contributed by atoms with E-state index >= 15 is 0 Å². The van der Waals surface area contributed by atoms with Crippen molar-refractivity contribution in [3.05, 3.63) is 23.3 Å². The van der Waals surface area contributed by atoms with E-state index < -0.39 is 0 Å². The summed E-state index contributed by atoms with van der Waals surface area (Å²) in [6.07, 6.45) is 0.704. The first-order valence-corrected chi connectivity index (χ1v) is 5.56. The van der Waals surface area contributed by atoms with E-state index in [1.54, 1.807) is 12.1 Å². The molecule has 0 amide bonds. The largest absolute Gasteiger partial charge is 0.504 e. The fourth-order valence-electron chi connectivity index (χ4n) is 1.85. The highest BCUT2D eigenvalue weighted by molar-refractivity contribution is 5.55. The summed E-state index contributed by atoms with van der Waals surface area (Å²) in [6, 6.07) is 4.87. The molecule has 17 heavy (non-hydrogen) atoms. The molecule has 0 aromatic heterocycles. The summed E-state index contributed by atoms with van der Waals surface area (Å²) in [7, 11) is 1.47. The number of nitriles is 1. The van der Waals surface area contributed by atoms with Crippen LogP contribution in [0, 0.1) is 17.2 Å². The zero-order chi connectivity index (χ0) is 13.0. The van der Waals surface area contributed by atoms with E-state index in [0.717, 1.165) is 0 Å². The lowest BCUT2D eigenvalue weighted by atomic mass is 9.93. The number of aromatic hydroxyl groups is 1. The van der Waals surface area contributed by atoms with Crippen molar-refractivity contribution >= 4 is 0 Å². The maximum atomic E-state index is 10.0. The minimum absolute atomic E-state index is 0.0281. The third-order valence-corrected chi connectivity index (χ3v) is 2.62. The molecule has 3 N–H and O–H groups in total. The number of nitrogens with two attached hydrogens (primary N) is 1. The SMILES string of the molecule is COc1ccc(C#N)c([C@H](N)CC(C)C)c1O. The van der Waals surface area contributed by atoms with Gasteiger partial charge in [-0.3, -0.25) is 0 Å². The van der Waals surface area contributed by atoms with Gasteiger partial charge in [0.1, 0.15) is 0 Å². The highest BCUT2D eigenvalue weighted by Gasteiger charge is 2.20. The quantitative estimate of drug-likeness (QED) is 0.837. The first kappa shape index (κ1) is 13.3. The van der Waals surface area contributed by atoms with Gasteiger partial charge in [-0.05, 0) is 24.5 Å². The molecule has 92 valence electrons. The number of rotatable bonds is 4. The molecule has 0 aliphatic heterocycles. The van der Waals surface area contributed by atoms with Crippen molar-refractivity contribution < 1.29 is 9.84 Å². The molecule has 0 aliphatic rings. The summed E-state index contributed by atoms with van der Waals surface area (Å²) < 4.78 is 5.03. The molecule has 4 nitrogen and oxygen atoms in total. The third kappa shape index (κ3) is 2.89. The first-order valence-electron chi connectivity index (χ1n) is 5.56. The molecular weight excluding hydrogens is 216 g/mol. The second-order valence-electron chi connectivity index (χ2n) is 4.43. The Kier molecular flexibility index (Phi) is 4.36. The molecule has 1 rings (SSSR count). The fourth-order valence-corrected chi connectivity index (χ4v) is 1.85. The van der Waals surface area contributed by atoms with Crippen molar-refractivity contribution in [1.82, 2.24) is 0 Å². The molecule has 0 saturated heterocycles. The normalized spacial score (nSPS) is 12.2. The van der Waals surface area contributed by atoms with Crippen LogP contribution in [0.1, 0.15) is 37.4 Å². The van der Waals surface area contributed by atoms with Crippen LogP contribution in [0.25, 0.3) is 0 Å². The molecule has 0 bridgehead atoms. The Hall–Kier alpha value is -1.73. The lowest BCUT2D eigenvalue weighted by Gasteiger charge is -2.18. The monoisotopic (exact) mass is 234 g/mol. The Morgan fingerprint density at radius 2 is 2.12 bits per heavy atom. The number of hydrogen-bond donors (Lipinski definition) is 2. The number of ether oxygens (including phenoxy) is 1. The van der Waals surface area contributed by atoms with Gasteiger partial charge in [-0.25, -0.2) is 0 Å². The van der Waals surface area contributed by atoms with E-state index in [2.05, 4.69) is 0 Å². The van der Waals surface area contributed by atoms with E-state index in [1.807, 2.05) is 19.9 Å². The number of phenolic OH excluding ortho intramolecular Hbond substituents is 1. The van der Waals surface area contributed by atoms with Crippen LogP contribution in [-0.4, -0.2) is 12.2 Å². The number of nitrogens with zero attached hydrogens (tertiary/aromatic N) is 1. The first-order chi connectivity index (χ1) is 8.01. The number of phenols is 1. The lowest BCUT2D eigenvalue weighted by Crippen LogP contribution is -2.15. The van der Waals surface area contributed by atoms with Crippen molar-refractivity contribution in [3.63, 3.8) is 0 Å². The maximum Gasteiger partial charge on any atom is 0.163 e. The van der Waals surface area contributed by atoms with Crippen LogP contribution >= 0.6 is 0 Å². The summed E-state index contributed by atoms with van der Waals surface area (Å²) in [5.74, 6) is 0.708. The van der Waals surface area contributed by atoms with E-state index in [-0.39, 0.29) is 11.8 Å². The maximum absolute atomic E-state index is 10.0. The van der Waals surface area contributed by atoms with Crippen LogP contribution in [0.4, 0.5) is 0 Å². The van der Waals surface area contributed by atoms with Gasteiger partial charge >= 0.3 is 0 Å². The minimum atomic E-state index is -0.361. The minimum Gasteiger partial charge on any atom is -0.504 e. The van der Waals surface area contributed by atoms with E-state index in [9.17, 15) is 5.11 Å². The van der Waals surface area contributed by atoms with Gasteiger partial charge in [0.25, 0.3) is 0 Å². The molecule has 0 aliphatic carbocycles.